The summed E-state index contributed by atoms with van der Waals surface area (Å²) in [4.78, 5) is 23.4. The zero-order chi connectivity index (χ0) is 14.7. The van der Waals surface area contributed by atoms with Gasteiger partial charge in [0.1, 0.15) is 0 Å². The molecule has 6 heteroatoms. The summed E-state index contributed by atoms with van der Waals surface area (Å²) in [5.74, 6) is 0. The third-order valence-corrected chi connectivity index (χ3v) is 3.56. The molecule has 1 aliphatic heterocycles. The van der Waals surface area contributed by atoms with Crippen molar-refractivity contribution in [1.29, 1.82) is 0 Å². The highest BCUT2D eigenvalue weighted by Crippen LogP contribution is 2.16. The molecule has 20 heavy (non-hydrogen) atoms. The van der Waals surface area contributed by atoms with E-state index >= 15 is 0 Å². The van der Waals surface area contributed by atoms with Crippen LogP contribution in [0.1, 0.15) is 25.3 Å². The molecular formula is C14H21N3O3. The van der Waals surface area contributed by atoms with E-state index in [4.69, 9.17) is 4.74 Å². The van der Waals surface area contributed by atoms with Crippen LogP contribution in [0, 0.1) is 6.92 Å². The van der Waals surface area contributed by atoms with Gasteiger partial charge in [-0.2, -0.15) is 0 Å². The number of nitrogens with one attached hydrogen (secondary N) is 2. The maximum absolute atomic E-state index is 12.0. The molecule has 2 atom stereocenters. The first-order valence-electron chi connectivity index (χ1n) is 6.84. The number of hydrogen-bond acceptors (Lipinski definition) is 3. The summed E-state index contributed by atoms with van der Waals surface area (Å²) in [5.41, 5.74) is 1.28. The fourth-order valence-corrected chi connectivity index (χ4v) is 2.31. The highest BCUT2D eigenvalue weighted by molar-refractivity contribution is 5.90. The van der Waals surface area contributed by atoms with Gasteiger partial charge in [0.15, 0.2) is 0 Å². The summed E-state index contributed by atoms with van der Waals surface area (Å²) in [6.45, 7) is 4.49. The molecule has 2 N–H and O–H groups in total. The van der Waals surface area contributed by atoms with Crippen molar-refractivity contribution in [3.8, 4) is 0 Å². The molecule has 110 valence electrons. The Morgan fingerprint density at radius 3 is 2.95 bits per heavy atom. The smallest absolute Gasteiger partial charge is 0.319 e. The Morgan fingerprint density at radius 2 is 2.30 bits per heavy atom. The number of aryl methyl sites for hydroxylation is 2. The highest BCUT2D eigenvalue weighted by atomic mass is 16.5. The molecule has 1 aromatic heterocycles. The van der Waals surface area contributed by atoms with Crippen molar-refractivity contribution >= 4 is 11.7 Å². The number of rotatable bonds is 3. The van der Waals surface area contributed by atoms with E-state index in [-0.39, 0.29) is 23.7 Å². The van der Waals surface area contributed by atoms with Crippen molar-refractivity contribution in [3.05, 3.63) is 28.2 Å². The Bertz CT molecular complexity index is 547. The highest BCUT2D eigenvalue weighted by Gasteiger charge is 2.23. The van der Waals surface area contributed by atoms with Crippen LogP contribution >= 0.6 is 0 Å². The minimum absolute atomic E-state index is 0.0367. The molecule has 0 unspecified atom stereocenters. The lowest BCUT2D eigenvalue weighted by atomic mass is 10.1. The van der Waals surface area contributed by atoms with Crippen LogP contribution in [0.25, 0.3) is 0 Å². The lowest BCUT2D eigenvalue weighted by molar-refractivity contribution is 0.0868. The summed E-state index contributed by atoms with van der Waals surface area (Å²) in [5, 5.41) is 5.64. The van der Waals surface area contributed by atoms with Crippen molar-refractivity contribution in [3.63, 3.8) is 0 Å². The molecule has 0 bridgehead atoms. The predicted octanol–water partition coefficient (Wildman–Crippen LogP) is 1.38. The van der Waals surface area contributed by atoms with Gasteiger partial charge in [0, 0.05) is 25.9 Å². The van der Waals surface area contributed by atoms with Gasteiger partial charge in [-0.05, 0) is 32.3 Å². The second kappa shape index (κ2) is 6.09. The summed E-state index contributed by atoms with van der Waals surface area (Å²) in [6.07, 6.45) is 3.72. The van der Waals surface area contributed by atoms with E-state index < -0.39 is 0 Å². The standard InChI is InChI=1S/C14H21N3O3/c1-9-7-13(18)17(3)8-11(9)16-14(19)15-10(2)12-5-4-6-20-12/h7-8,10,12H,4-6H2,1-3H3,(H2,15,16,19)/t10-,12+/m1/s1. The normalized spacial score (nSPS) is 19.6. The maximum Gasteiger partial charge on any atom is 0.319 e. The fraction of sp³-hybridized carbons (Fsp3) is 0.571. The summed E-state index contributed by atoms with van der Waals surface area (Å²) in [6, 6.07) is 1.18. The second-order valence-corrected chi connectivity index (χ2v) is 5.26. The first-order chi connectivity index (χ1) is 9.47. The molecule has 1 aliphatic rings. The maximum atomic E-state index is 12.0. The third-order valence-electron chi connectivity index (χ3n) is 3.56. The molecule has 2 rings (SSSR count). The molecule has 0 aromatic carbocycles. The molecular weight excluding hydrogens is 258 g/mol. The molecule has 1 fully saturated rings. The van der Waals surface area contributed by atoms with Crippen molar-refractivity contribution in [2.24, 2.45) is 7.05 Å². The molecule has 0 aliphatic carbocycles. The number of nitrogens with zero attached hydrogens (tertiary/aromatic N) is 1. The molecule has 0 spiro atoms. The fourth-order valence-electron chi connectivity index (χ4n) is 2.31. The second-order valence-electron chi connectivity index (χ2n) is 5.26. The van der Waals surface area contributed by atoms with Crippen LogP contribution in [0.15, 0.2) is 17.1 Å². The zero-order valence-electron chi connectivity index (χ0n) is 12.1. The Balaban J connectivity index is 1.97. The van der Waals surface area contributed by atoms with E-state index in [1.807, 2.05) is 6.92 Å². The van der Waals surface area contributed by atoms with Crippen molar-refractivity contribution in [2.45, 2.75) is 38.8 Å². The average molecular weight is 279 g/mol. The van der Waals surface area contributed by atoms with Crippen LogP contribution in [0.3, 0.4) is 0 Å². The van der Waals surface area contributed by atoms with Crippen LogP contribution < -0.4 is 16.2 Å². The van der Waals surface area contributed by atoms with E-state index in [9.17, 15) is 9.59 Å². The topological polar surface area (TPSA) is 72.4 Å². The lowest BCUT2D eigenvalue weighted by Crippen LogP contribution is -2.43. The van der Waals surface area contributed by atoms with Gasteiger partial charge in [0.05, 0.1) is 17.8 Å². The van der Waals surface area contributed by atoms with Gasteiger partial charge < -0.3 is 19.9 Å². The van der Waals surface area contributed by atoms with Gasteiger partial charge in [-0.15, -0.1) is 0 Å². The van der Waals surface area contributed by atoms with Crippen molar-refractivity contribution in [1.82, 2.24) is 9.88 Å². The van der Waals surface area contributed by atoms with Crippen molar-refractivity contribution in [2.75, 3.05) is 11.9 Å². The Hall–Kier alpha value is -1.82. The van der Waals surface area contributed by atoms with Gasteiger partial charge in [0.25, 0.3) is 5.56 Å². The van der Waals surface area contributed by atoms with Gasteiger partial charge in [-0.25, -0.2) is 4.79 Å². The number of aromatic nitrogens is 1. The first kappa shape index (κ1) is 14.6. The molecule has 1 saturated heterocycles. The first-order valence-corrected chi connectivity index (χ1v) is 6.84. The number of pyridine rings is 1. The van der Waals surface area contributed by atoms with E-state index in [0.29, 0.717) is 5.69 Å². The monoisotopic (exact) mass is 279 g/mol. The zero-order valence-corrected chi connectivity index (χ0v) is 12.1. The quantitative estimate of drug-likeness (QED) is 0.878. The number of urea groups is 1. The van der Waals surface area contributed by atoms with Crippen molar-refractivity contribution < 1.29 is 9.53 Å². The van der Waals surface area contributed by atoms with E-state index in [1.165, 1.54) is 10.6 Å². The number of carbonyl (C=O) groups excluding carboxylic acids is 1. The van der Waals surface area contributed by atoms with E-state index in [1.54, 1.807) is 20.2 Å². The Kier molecular flexibility index (Phi) is 4.44. The molecule has 0 saturated carbocycles. The minimum atomic E-state index is -0.283. The van der Waals surface area contributed by atoms with Gasteiger partial charge in [-0.1, -0.05) is 0 Å². The Morgan fingerprint density at radius 1 is 1.55 bits per heavy atom. The summed E-state index contributed by atoms with van der Waals surface area (Å²) < 4.78 is 6.97. The van der Waals surface area contributed by atoms with Crippen LogP contribution in [0.2, 0.25) is 0 Å². The third kappa shape index (κ3) is 3.39. The lowest BCUT2D eigenvalue weighted by Gasteiger charge is -2.20. The van der Waals surface area contributed by atoms with Gasteiger partial charge >= 0.3 is 6.03 Å². The number of amides is 2. The van der Waals surface area contributed by atoms with Crippen LogP contribution in [-0.4, -0.2) is 29.4 Å². The summed E-state index contributed by atoms with van der Waals surface area (Å²) in [7, 11) is 1.65. The number of ether oxygens (including phenoxy) is 1. The van der Waals surface area contributed by atoms with Gasteiger partial charge in [-0.3, -0.25) is 4.79 Å². The largest absolute Gasteiger partial charge is 0.376 e. The van der Waals surface area contributed by atoms with Crippen LogP contribution in [0.4, 0.5) is 10.5 Å². The predicted molar refractivity (Wildman–Crippen MR) is 77.0 cm³/mol. The SMILES string of the molecule is Cc1cc(=O)n(C)cc1NC(=O)N[C@H](C)[C@@H]1CCCO1. The number of carbonyl (C=O) groups is 1. The molecule has 6 nitrogen and oxygen atoms in total. The average Bonchev–Trinajstić information content (AvgIpc) is 2.89. The van der Waals surface area contributed by atoms with Crippen LogP contribution in [-0.2, 0) is 11.8 Å². The van der Waals surface area contributed by atoms with E-state index in [2.05, 4.69) is 10.6 Å². The molecule has 1 aromatic rings. The van der Waals surface area contributed by atoms with Crippen LogP contribution in [0.5, 0.6) is 0 Å². The molecule has 2 amide bonds. The molecule has 0 radical (unpaired) electrons. The number of anilines is 1. The molecule has 2 heterocycles. The minimum Gasteiger partial charge on any atom is -0.376 e. The number of hydrogen-bond donors (Lipinski definition) is 2. The summed E-state index contributed by atoms with van der Waals surface area (Å²) >= 11 is 0. The Labute approximate surface area is 118 Å². The van der Waals surface area contributed by atoms with Gasteiger partial charge in [0.2, 0.25) is 0 Å². The van der Waals surface area contributed by atoms with E-state index in [0.717, 1.165) is 25.0 Å².